The van der Waals surface area contributed by atoms with Crippen LogP contribution in [0.3, 0.4) is 0 Å². The zero-order chi connectivity index (χ0) is 33.9. The number of ether oxygens (including phenoxy) is 2. The minimum atomic E-state index is -0.969. The van der Waals surface area contributed by atoms with E-state index in [1.807, 2.05) is 6.07 Å². The molecular formula is C33H34FN7O6. The molecule has 0 saturated carbocycles. The van der Waals surface area contributed by atoms with Gasteiger partial charge in [0, 0.05) is 30.6 Å². The molecule has 244 valence electrons. The number of aliphatic carboxylic acids is 1. The lowest BCUT2D eigenvalue weighted by atomic mass is 9.89. The summed E-state index contributed by atoms with van der Waals surface area (Å²) in [6, 6.07) is 20.7. The molecule has 0 aliphatic rings. The van der Waals surface area contributed by atoms with Gasteiger partial charge in [-0.1, -0.05) is 60.7 Å². The standard InChI is InChI=1S/C24H24FN7O3.C9H10O3/c1-14-11-17(20(25)19(12-14)35-10-9-33)18(13-15-3-5-16(6-4-15)21(26)27)22-30-24(34)32(31-22)23-28-7-2-8-29-23;1-12-8(9(10)11)7-5-3-2-4-6-7/h2-8,11-12,18,33H,9-10,13H2,1H3,(H3,26,27)(H,30,31,34);2-6,8H,1H3,(H,10,11)/t18-;8-/m11/s1. The van der Waals surface area contributed by atoms with E-state index >= 15 is 4.39 Å². The zero-order valence-electron chi connectivity index (χ0n) is 25.6. The molecule has 0 fully saturated rings. The third-order valence-corrected chi connectivity index (χ3v) is 6.91. The Morgan fingerprint density at radius 2 is 1.77 bits per heavy atom. The van der Waals surface area contributed by atoms with Gasteiger partial charge in [-0.25, -0.2) is 23.9 Å². The van der Waals surface area contributed by atoms with Crippen LogP contribution in [-0.4, -0.2) is 67.1 Å². The number of hydrogen-bond donors (Lipinski definition) is 5. The van der Waals surface area contributed by atoms with Gasteiger partial charge in [0.1, 0.15) is 18.3 Å². The maximum absolute atomic E-state index is 15.6. The second-order valence-corrected chi connectivity index (χ2v) is 10.2. The van der Waals surface area contributed by atoms with Crippen molar-refractivity contribution in [1.29, 1.82) is 5.41 Å². The van der Waals surface area contributed by atoms with E-state index < -0.39 is 29.5 Å². The second-order valence-electron chi connectivity index (χ2n) is 10.2. The molecule has 2 aromatic heterocycles. The number of halogens is 1. The van der Waals surface area contributed by atoms with Crippen LogP contribution in [0.2, 0.25) is 0 Å². The Hall–Kier alpha value is -5.73. The SMILES string of the molecule is CO[C@@H](C(=O)O)c1ccccc1.Cc1cc(OCCO)c(F)c([C@@H](Cc2ccc(C(=N)N)cc2)c2nn(-c3ncccn3)c(=O)[nH]2)c1. The summed E-state index contributed by atoms with van der Waals surface area (Å²) >= 11 is 0. The zero-order valence-corrected chi connectivity index (χ0v) is 25.6. The number of nitrogens with two attached hydrogens (primary N) is 1. The Morgan fingerprint density at radius 1 is 1.09 bits per heavy atom. The summed E-state index contributed by atoms with van der Waals surface area (Å²) in [7, 11) is 1.38. The predicted octanol–water partition coefficient (Wildman–Crippen LogP) is 3.29. The second kappa shape index (κ2) is 16.0. The number of rotatable bonds is 12. The first-order valence-corrected chi connectivity index (χ1v) is 14.4. The van der Waals surface area contributed by atoms with Gasteiger partial charge in [0.25, 0.3) is 5.95 Å². The average Bonchev–Trinajstić information content (AvgIpc) is 3.46. The maximum Gasteiger partial charge on any atom is 0.350 e. The van der Waals surface area contributed by atoms with Crippen LogP contribution in [0.5, 0.6) is 5.75 Å². The summed E-state index contributed by atoms with van der Waals surface area (Å²) in [4.78, 5) is 34.1. The first kappa shape index (κ1) is 34.1. The molecule has 0 aliphatic heterocycles. The molecule has 2 atom stereocenters. The fraction of sp³-hybridized carbons (Fsp3) is 0.212. The monoisotopic (exact) mass is 643 g/mol. The molecule has 6 N–H and O–H groups in total. The van der Waals surface area contributed by atoms with Gasteiger partial charge >= 0.3 is 11.7 Å². The molecule has 0 unspecified atom stereocenters. The summed E-state index contributed by atoms with van der Waals surface area (Å²) < 4.78 is 26.8. The van der Waals surface area contributed by atoms with E-state index in [0.29, 0.717) is 11.1 Å². The molecule has 0 amide bonds. The quantitative estimate of drug-likeness (QED) is 0.0992. The molecule has 0 aliphatic carbocycles. The fourth-order valence-corrected chi connectivity index (χ4v) is 4.73. The van der Waals surface area contributed by atoms with Crippen LogP contribution in [0.4, 0.5) is 4.39 Å². The van der Waals surface area contributed by atoms with Crippen molar-refractivity contribution in [3.63, 3.8) is 0 Å². The Morgan fingerprint density at radius 3 is 2.36 bits per heavy atom. The first-order chi connectivity index (χ1) is 22.6. The number of aryl methyl sites for hydroxylation is 1. The van der Waals surface area contributed by atoms with Crippen LogP contribution < -0.4 is 16.2 Å². The van der Waals surface area contributed by atoms with Crippen LogP contribution in [0.1, 0.15) is 45.7 Å². The molecule has 0 radical (unpaired) electrons. The number of methoxy groups -OCH3 is 1. The highest BCUT2D eigenvalue weighted by atomic mass is 19.1. The lowest BCUT2D eigenvalue weighted by Gasteiger charge is -2.19. The number of hydrogen-bond acceptors (Lipinski definition) is 9. The third kappa shape index (κ3) is 8.71. The van der Waals surface area contributed by atoms with Crippen molar-refractivity contribution in [2.75, 3.05) is 20.3 Å². The van der Waals surface area contributed by atoms with Gasteiger partial charge in [-0.3, -0.25) is 10.4 Å². The van der Waals surface area contributed by atoms with Gasteiger partial charge in [-0.05, 0) is 42.2 Å². The van der Waals surface area contributed by atoms with Crippen LogP contribution in [0, 0.1) is 18.2 Å². The highest BCUT2D eigenvalue weighted by molar-refractivity contribution is 5.94. The molecule has 0 spiro atoms. The third-order valence-electron chi connectivity index (χ3n) is 6.91. The first-order valence-electron chi connectivity index (χ1n) is 14.4. The number of amidine groups is 1. The molecule has 2 heterocycles. The van der Waals surface area contributed by atoms with Crippen molar-refractivity contribution in [2.45, 2.75) is 25.4 Å². The van der Waals surface area contributed by atoms with Crippen molar-refractivity contribution < 1.29 is 28.9 Å². The number of carboxylic acids is 1. The summed E-state index contributed by atoms with van der Waals surface area (Å²) in [5.41, 5.74) is 8.02. The number of aromatic nitrogens is 5. The summed E-state index contributed by atoms with van der Waals surface area (Å²) in [5, 5.41) is 29.8. The van der Waals surface area contributed by atoms with Crippen LogP contribution in [-0.2, 0) is 16.0 Å². The van der Waals surface area contributed by atoms with E-state index in [1.165, 1.54) is 19.5 Å². The summed E-state index contributed by atoms with van der Waals surface area (Å²) in [5.74, 6) is -2.04. The number of carboxylic acid groups (broad SMARTS) is 1. The van der Waals surface area contributed by atoms with E-state index in [9.17, 15) is 9.59 Å². The predicted molar refractivity (Wildman–Crippen MR) is 170 cm³/mol. The van der Waals surface area contributed by atoms with Gasteiger partial charge in [0.05, 0.1) is 12.5 Å². The van der Waals surface area contributed by atoms with Crippen LogP contribution >= 0.6 is 0 Å². The normalized spacial score (nSPS) is 12.0. The smallest absolute Gasteiger partial charge is 0.350 e. The number of aliphatic hydroxyl groups is 1. The number of nitrogen functional groups attached to an aromatic ring is 1. The number of nitrogens with zero attached hydrogens (tertiary/aromatic N) is 4. The Kier molecular flexibility index (Phi) is 11.6. The number of H-pyrrole nitrogens is 1. The molecule has 14 heteroatoms. The van der Waals surface area contributed by atoms with E-state index in [1.54, 1.807) is 73.7 Å². The van der Waals surface area contributed by atoms with E-state index in [0.717, 1.165) is 15.8 Å². The maximum atomic E-state index is 15.6. The number of benzene rings is 3. The Bertz CT molecular complexity index is 1850. The Labute approximate surface area is 269 Å². The average molecular weight is 644 g/mol. The number of nitrogens with one attached hydrogen (secondary N) is 2. The number of carbonyl (C=O) groups is 1. The molecule has 5 rings (SSSR count). The topological polar surface area (TPSA) is 202 Å². The molecule has 13 nitrogen and oxygen atoms in total. The van der Waals surface area contributed by atoms with Gasteiger partial charge in [0.15, 0.2) is 17.7 Å². The van der Waals surface area contributed by atoms with E-state index in [2.05, 4.69) is 20.1 Å². The molecular weight excluding hydrogens is 609 g/mol. The van der Waals surface area contributed by atoms with Crippen molar-refractivity contribution in [1.82, 2.24) is 24.7 Å². The highest BCUT2D eigenvalue weighted by Gasteiger charge is 2.26. The van der Waals surface area contributed by atoms with Crippen LogP contribution in [0.15, 0.2) is 90.0 Å². The Balaban J connectivity index is 0.000000351. The number of aliphatic hydroxyl groups excluding tert-OH is 1. The minimum absolute atomic E-state index is 0.000787. The van der Waals surface area contributed by atoms with E-state index in [-0.39, 0.29) is 48.6 Å². The molecule has 47 heavy (non-hydrogen) atoms. The summed E-state index contributed by atoms with van der Waals surface area (Å²) in [6.07, 6.45) is 2.40. The molecule has 3 aromatic carbocycles. The molecule has 0 bridgehead atoms. The van der Waals surface area contributed by atoms with Gasteiger partial charge in [0.2, 0.25) is 0 Å². The van der Waals surface area contributed by atoms with Gasteiger partial charge in [-0.2, -0.15) is 0 Å². The van der Waals surface area contributed by atoms with Crippen molar-refractivity contribution in [2.24, 2.45) is 5.73 Å². The highest BCUT2D eigenvalue weighted by Crippen LogP contribution is 2.33. The van der Waals surface area contributed by atoms with Crippen molar-refractivity contribution in [3.8, 4) is 11.7 Å². The molecule has 0 saturated heterocycles. The van der Waals surface area contributed by atoms with E-state index in [4.69, 9.17) is 30.8 Å². The molecule has 5 aromatic rings. The number of aromatic amines is 1. The largest absolute Gasteiger partial charge is 0.488 e. The fourth-order valence-electron chi connectivity index (χ4n) is 4.73. The van der Waals surface area contributed by atoms with Crippen molar-refractivity contribution in [3.05, 3.63) is 135 Å². The van der Waals surface area contributed by atoms with Gasteiger partial charge < -0.3 is 25.4 Å². The van der Waals surface area contributed by atoms with Crippen molar-refractivity contribution >= 4 is 11.8 Å². The minimum Gasteiger partial charge on any atom is -0.488 e. The lowest BCUT2D eigenvalue weighted by Crippen LogP contribution is -2.18. The lowest BCUT2D eigenvalue weighted by molar-refractivity contribution is -0.148. The summed E-state index contributed by atoms with van der Waals surface area (Å²) in [6.45, 7) is 1.48. The van der Waals surface area contributed by atoms with Gasteiger partial charge in [-0.15, -0.1) is 9.78 Å². The van der Waals surface area contributed by atoms with Crippen LogP contribution in [0.25, 0.3) is 5.95 Å².